The standard InChI is InChI=1S/C29H36N4O9/c1-5-12-8-9-33(10-12)28(41)31-14-7-6-13-11(2)15-17(22(35)16(13)21(14)34)25(38)29(42)19(23(15)36)20(32(3)4)24(37)18(26(29)39)27(30)40/h6-7,11-12,15,19-20,23,34-36,39,42H,5,8-10H2,1-4H3,(H2,30,40)(H,31,41)/t11?,12?,15?,19?,20-,23?,29-/m0/s1. The van der Waals surface area contributed by atoms with E-state index in [1.54, 1.807) is 17.9 Å². The first-order chi connectivity index (χ1) is 19.7. The number of amides is 3. The fourth-order valence-electron chi connectivity index (χ4n) is 7.26. The second kappa shape index (κ2) is 10.1. The number of phenols is 1. The number of ketones is 2. The van der Waals surface area contributed by atoms with Gasteiger partial charge in [0.2, 0.25) is 5.78 Å². The molecule has 5 rings (SSSR count). The van der Waals surface area contributed by atoms with E-state index in [0.717, 1.165) is 12.8 Å². The Balaban J connectivity index is 1.63. The van der Waals surface area contributed by atoms with Gasteiger partial charge in [-0.3, -0.25) is 19.3 Å². The van der Waals surface area contributed by atoms with Crippen molar-refractivity contribution in [1.29, 1.82) is 0 Å². The number of fused-ring (bicyclic) bond motifs is 3. The average molecular weight is 585 g/mol. The van der Waals surface area contributed by atoms with Crippen molar-refractivity contribution in [1.82, 2.24) is 9.80 Å². The Hall–Kier alpha value is -3.94. The molecule has 1 saturated carbocycles. The highest BCUT2D eigenvalue weighted by Gasteiger charge is 2.68. The number of likely N-dealkylation sites (N-methyl/N-ethyl adjacent to an activating group) is 1. The van der Waals surface area contributed by atoms with Gasteiger partial charge in [0, 0.05) is 24.6 Å². The zero-order valence-electron chi connectivity index (χ0n) is 23.8. The molecule has 4 aliphatic rings. The number of hydrogen-bond acceptors (Lipinski definition) is 10. The summed E-state index contributed by atoms with van der Waals surface area (Å²) in [7, 11) is 2.89. The molecule has 1 aromatic rings. The second-order valence-corrected chi connectivity index (χ2v) is 11.9. The number of carbonyl (C=O) groups excluding carboxylic acids is 4. The molecular weight excluding hydrogens is 548 g/mol. The van der Waals surface area contributed by atoms with E-state index in [1.165, 1.54) is 25.1 Å². The summed E-state index contributed by atoms with van der Waals surface area (Å²) >= 11 is 0. The van der Waals surface area contributed by atoms with E-state index < -0.39 is 87.4 Å². The molecule has 3 aliphatic carbocycles. The third kappa shape index (κ3) is 3.94. The third-order valence-electron chi connectivity index (χ3n) is 9.52. The molecule has 0 bridgehead atoms. The first-order valence-electron chi connectivity index (χ1n) is 13.9. The highest BCUT2D eigenvalue weighted by molar-refractivity contribution is 6.24. The molecule has 1 saturated heterocycles. The molecule has 5 unspecified atom stereocenters. The van der Waals surface area contributed by atoms with Gasteiger partial charge >= 0.3 is 6.03 Å². The van der Waals surface area contributed by atoms with E-state index in [1.807, 2.05) is 6.92 Å². The number of hydrogen-bond donors (Lipinski definition) is 7. The Kier molecular flexibility index (Phi) is 7.11. The Morgan fingerprint density at radius 1 is 1.19 bits per heavy atom. The number of Topliss-reactive ketones (excluding diaryl/α,β-unsaturated/α-hetero) is 2. The smallest absolute Gasteiger partial charge is 0.321 e. The number of nitrogens with zero attached hydrogens (tertiary/aromatic N) is 2. The van der Waals surface area contributed by atoms with Gasteiger partial charge in [0.15, 0.2) is 11.4 Å². The lowest BCUT2D eigenvalue weighted by molar-refractivity contribution is -0.169. The molecule has 42 heavy (non-hydrogen) atoms. The van der Waals surface area contributed by atoms with Crippen LogP contribution in [0.15, 0.2) is 29.0 Å². The van der Waals surface area contributed by atoms with Crippen LogP contribution in [0, 0.1) is 17.8 Å². The molecule has 13 heteroatoms. The van der Waals surface area contributed by atoms with E-state index in [4.69, 9.17) is 5.73 Å². The molecule has 0 aromatic heterocycles. The van der Waals surface area contributed by atoms with Crippen molar-refractivity contribution in [3.8, 4) is 5.75 Å². The van der Waals surface area contributed by atoms with Gasteiger partial charge in [0.1, 0.15) is 22.8 Å². The Bertz CT molecular complexity index is 1470. The van der Waals surface area contributed by atoms with Gasteiger partial charge in [0.25, 0.3) is 5.91 Å². The highest BCUT2D eigenvalue weighted by atomic mass is 16.4. The number of likely N-dealkylation sites (tertiary alicyclic amines) is 1. The van der Waals surface area contributed by atoms with Crippen LogP contribution in [-0.2, 0) is 14.4 Å². The summed E-state index contributed by atoms with van der Waals surface area (Å²) in [6.07, 6.45) is 0.111. The monoisotopic (exact) mass is 584 g/mol. The number of carbonyl (C=O) groups is 4. The molecular formula is C29H36N4O9. The molecule has 1 heterocycles. The molecule has 8 N–H and O–H groups in total. The van der Waals surface area contributed by atoms with E-state index >= 15 is 0 Å². The largest absolute Gasteiger partial charge is 0.508 e. The fraction of sp³-hybridized carbons (Fsp3) is 0.517. The Labute approximate surface area is 241 Å². The minimum Gasteiger partial charge on any atom is -0.508 e. The maximum atomic E-state index is 14.1. The summed E-state index contributed by atoms with van der Waals surface area (Å²) in [4.78, 5) is 55.3. The number of anilines is 1. The van der Waals surface area contributed by atoms with Crippen molar-refractivity contribution in [2.45, 2.75) is 50.4 Å². The number of primary amides is 1. The van der Waals surface area contributed by atoms with Crippen LogP contribution in [0.5, 0.6) is 5.75 Å². The molecule has 7 atom stereocenters. The average Bonchev–Trinajstić information content (AvgIpc) is 3.41. The molecule has 2 fully saturated rings. The molecule has 13 nitrogen and oxygen atoms in total. The number of benzene rings is 1. The van der Waals surface area contributed by atoms with Crippen LogP contribution in [0.4, 0.5) is 10.5 Å². The third-order valence-corrected chi connectivity index (χ3v) is 9.52. The van der Waals surface area contributed by atoms with E-state index in [0.29, 0.717) is 24.6 Å². The zero-order valence-corrected chi connectivity index (χ0v) is 23.8. The van der Waals surface area contributed by atoms with Crippen LogP contribution < -0.4 is 11.1 Å². The Morgan fingerprint density at radius 2 is 1.86 bits per heavy atom. The van der Waals surface area contributed by atoms with Crippen LogP contribution in [0.2, 0.25) is 0 Å². The first kappa shape index (κ1) is 29.5. The van der Waals surface area contributed by atoms with E-state index in [2.05, 4.69) is 5.32 Å². The van der Waals surface area contributed by atoms with Gasteiger partial charge in [-0.05, 0) is 44.0 Å². The zero-order chi connectivity index (χ0) is 31.0. The SMILES string of the molecule is CCC1CCN(C(=O)Nc2ccc3c(c2O)C(O)=C2C(=O)[C@]4(O)C(O)=C(C(N)=O)C(=O)[C@@H](N(C)C)C4C(O)C2C3C)C1. The normalized spacial score (nSPS) is 32.6. The lowest BCUT2D eigenvalue weighted by Crippen LogP contribution is -2.70. The lowest BCUT2D eigenvalue weighted by Gasteiger charge is -2.53. The molecule has 1 aromatic carbocycles. The summed E-state index contributed by atoms with van der Waals surface area (Å²) < 4.78 is 0. The predicted molar refractivity (Wildman–Crippen MR) is 149 cm³/mol. The number of phenolic OH excluding ortho intramolecular Hbond substituents is 1. The number of aromatic hydroxyl groups is 1. The Morgan fingerprint density at radius 3 is 2.43 bits per heavy atom. The summed E-state index contributed by atoms with van der Waals surface area (Å²) in [5.41, 5.74) is 1.02. The van der Waals surface area contributed by atoms with Crippen molar-refractivity contribution < 1.29 is 44.7 Å². The molecule has 0 radical (unpaired) electrons. The summed E-state index contributed by atoms with van der Waals surface area (Å²) in [5.74, 6) is -9.33. The van der Waals surface area contributed by atoms with Gasteiger partial charge < -0.3 is 41.5 Å². The van der Waals surface area contributed by atoms with Crippen LogP contribution in [-0.4, -0.2) is 104 Å². The van der Waals surface area contributed by atoms with Crippen molar-refractivity contribution in [2.75, 3.05) is 32.5 Å². The maximum absolute atomic E-state index is 14.1. The first-order valence-corrected chi connectivity index (χ1v) is 13.9. The van der Waals surface area contributed by atoms with Crippen molar-refractivity contribution in [3.05, 3.63) is 40.2 Å². The molecule has 226 valence electrons. The number of rotatable bonds is 4. The van der Waals surface area contributed by atoms with Gasteiger partial charge in [-0.2, -0.15) is 0 Å². The summed E-state index contributed by atoms with van der Waals surface area (Å²) in [6, 6.07) is 1.15. The minimum absolute atomic E-state index is 0.0217. The number of aliphatic hydroxyl groups excluding tert-OH is 3. The second-order valence-electron chi connectivity index (χ2n) is 11.9. The quantitative estimate of drug-likeness (QED) is 0.195. The van der Waals surface area contributed by atoms with Crippen molar-refractivity contribution >= 4 is 35.0 Å². The molecule has 3 amide bonds. The van der Waals surface area contributed by atoms with Crippen LogP contribution in [0.25, 0.3) is 5.76 Å². The van der Waals surface area contributed by atoms with Crippen LogP contribution in [0.3, 0.4) is 0 Å². The number of nitrogens with one attached hydrogen (secondary N) is 1. The van der Waals surface area contributed by atoms with Crippen molar-refractivity contribution in [2.24, 2.45) is 23.5 Å². The number of urea groups is 1. The van der Waals surface area contributed by atoms with Crippen LogP contribution in [0.1, 0.15) is 43.7 Å². The van der Waals surface area contributed by atoms with E-state index in [9.17, 15) is 44.7 Å². The predicted octanol–water partition coefficient (Wildman–Crippen LogP) is 0.760. The van der Waals surface area contributed by atoms with Gasteiger partial charge in [0.05, 0.1) is 29.3 Å². The van der Waals surface area contributed by atoms with Gasteiger partial charge in [-0.15, -0.1) is 0 Å². The minimum atomic E-state index is -2.99. The van der Waals surface area contributed by atoms with E-state index in [-0.39, 0.29) is 11.3 Å². The van der Waals surface area contributed by atoms with Gasteiger partial charge in [-0.25, -0.2) is 4.79 Å². The van der Waals surface area contributed by atoms with Gasteiger partial charge in [-0.1, -0.05) is 26.3 Å². The molecule has 0 spiro atoms. The number of aliphatic hydroxyl groups is 4. The molecule has 1 aliphatic heterocycles. The maximum Gasteiger partial charge on any atom is 0.321 e. The fourth-order valence-corrected chi connectivity index (χ4v) is 7.26. The lowest BCUT2D eigenvalue weighted by atomic mass is 9.54. The topological polar surface area (TPSA) is 214 Å². The summed E-state index contributed by atoms with van der Waals surface area (Å²) in [6.45, 7) is 4.81. The highest BCUT2D eigenvalue weighted by Crippen LogP contribution is 2.56. The number of nitrogens with two attached hydrogens (primary N) is 1. The van der Waals surface area contributed by atoms with Crippen LogP contribution >= 0.6 is 0 Å². The van der Waals surface area contributed by atoms with Crippen molar-refractivity contribution in [3.63, 3.8) is 0 Å². The summed E-state index contributed by atoms with van der Waals surface area (Å²) in [5, 5.41) is 59.8.